The number of rotatable bonds is 8. The summed E-state index contributed by atoms with van der Waals surface area (Å²) in [5.41, 5.74) is 2.31. The summed E-state index contributed by atoms with van der Waals surface area (Å²) >= 11 is 0. The molecular formula is C25H31FN2O3. The lowest BCUT2D eigenvalue weighted by Gasteiger charge is -2.30. The maximum Gasteiger partial charge on any atom is 0.261 e. The molecule has 31 heavy (non-hydrogen) atoms. The van der Waals surface area contributed by atoms with E-state index in [0.29, 0.717) is 11.3 Å². The molecule has 3 rings (SSSR count). The van der Waals surface area contributed by atoms with Gasteiger partial charge in [-0.3, -0.25) is 9.59 Å². The Labute approximate surface area is 183 Å². The zero-order chi connectivity index (χ0) is 22.4. The van der Waals surface area contributed by atoms with E-state index in [4.69, 9.17) is 4.74 Å². The third-order valence-corrected chi connectivity index (χ3v) is 5.86. The van der Waals surface area contributed by atoms with Crippen LogP contribution in [0.5, 0.6) is 5.75 Å². The van der Waals surface area contributed by atoms with Crippen LogP contribution in [0.4, 0.5) is 4.39 Å². The zero-order valence-corrected chi connectivity index (χ0v) is 18.5. The van der Waals surface area contributed by atoms with Crippen molar-refractivity contribution in [2.45, 2.75) is 65.1 Å². The van der Waals surface area contributed by atoms with Crippen LogP contribution in [0.25, 0.3) is 0 Å². The molecule has 1 atom stereocenters. The third kappa shape index (κ3) is 6.06. The lowest BCUT2D eigenvalue weighted by atomic mass is 10.1. The van der Waals surface area contributed by atoms with Crippen molar-refractivity contribution in [1.29, 1.82) is 0 Å². The summed E-state index contributed by atoms with van der Waals surface area (Å²) < 4.78 is 20.1. The van der Waals surface area contributed by atoms with E-state index in [9.17, 15) is 14.0 Å². The molecule has 0 bridgehead atoms. The van der Waals surface area contributed by atoms with Crippen molar-refractivity contribution in [3.63, 3.8) is 0 Å². The first-order chi connectivity index (χ1) is 14.8. The molecule has 1 saturated carbocycles. The van der Waals surface area contributed by atoms with Gasteiger partial charge in [0.15, 0.2) is 6.61 Å². The van der Waals surface area contributed by atoms with Crippen LogP contribution in [0.1, 0.15) is 49.3 Å². The van der Waals surface area contributed by atoms with Crippen LogP contribution in [0.15, 0.2) is 42.5 Å². The maximum atomic E-state index is 14.3. The van der Waals surface area contributed by atoms with Gasteiger partial charge >= 0.3 is 0 Å². The van der Waals surface area contributed by atoms with Crippen LogP contribution in [0, 0.1) is 19.7 Å². The van der Waals surface area contributed by atoms with Crippen LogP contribution in [-0.4, -0.2) is 35.4 Å². The molecule has 0 spiro atoms. The molecular weight excluding hydrogens is 395 g/mol. The van der Waals surface area contributed by atoms with E-state index in [1.54, 1.807) is 25.1 Å². The second-order valence-corrected chi connectivity index (χ2v) is 8.34. The van der Waals surface area contributed by atoms with Crippen molar-refractivity contribution in [1.82, 2.24) is 10.2 Å². The predicted molar refractivity (Wildman–Crippen MR) is 118 cm³/mol. The minimum absolute atomic E-state index is 0.000912. The van der Waals surface area contributed by atoms with Gasteiger partial charge in [0.25, 0.3) is 5.91 Å². The molecule has 166 valence electrons. The average molecular weight is 427 g/mol. The summed E-state index contributed by atoms with van der Waals surface area (Å²) in [6.07, 6.45) is 4.10. The van der Waals surface area contributed by atoms with Crippen molar-refractivity contribution >= 4 is 11.8 Å². The highest BCUT2D eigenvalue weighted by molar-refractivity contribution is 5.88. The maximum absolute atomic E-state index is 14.3. The molecule has 2 aromatic carbocycles. The normalized spacial score (nSPS) is 14.8. The van der Waals surface area contributed by atoms with Crippen molar-refractivity contribution in [3.8, 4) is 5.75 Å². The van der Waals surface area contributed by atoms with Gasteiger partial charge in [0.1, 0.15) is 17.6 Å². The smallest absolute Gasteiger partial charge is 0.261 e. The molecule has 1 N–H and O–H groups in total. The molecule has 0 aliphatic heterocycles. The zero-order valence-electron chi connectivity index (χ0n) is 18.5. The molecule has 0 aromatic heterocycles. The van der Waals surface area contributed by atoms with Gasteiger partial charge in [0.05, 0.1) is 0 Å². The summed E-state index contributed by atoms with van der Waals surface area (Å²) in [6, 6.07) is 11.5. The monoisotopic (exact) mass is 426 g/mol. The molecule has 1 unspecified atom stereocenters. The fraction of sp³-hybridized carbons (Fsp3) is 0.440. The van der Waals surface area contributed by atoms with Gasteiger partial charge in [-0.2, -0.15) is 0 Å². The van der Waals surface area contributed by atoms with Crippen molar-refractivity contribution in [3.05, 3.63) is 65.0 Å². The predicted octanol–water partition coefficient (Wildman–Crippen LogP) is 4.30. The van der Waals surface area contributed by atoms with Crippen LogP contribution >= 0.6 is 0 Å². The van der Waals surface area contributed by atoms with Crippen LogP contribution < -0.4 is 10.1 Å². The number of benzene rings is 2. The standard InChI is InChI=1S/C25H31FN2O3/c1-17-12-13-18(2)23(14-17)31-16-24(29)28(15-20-8-4-7-11-22(20)26)19(3)25(30)27-21-9-5-6-10-21/h4,7-8,11-14,19,21H,5-6,9-10,15-16H2,1-3H3,(H,27,30). The average Bonchev–Trinajstić information content (AvgIpc) is 3.26. The Morgan fingerprint density at radius 2 is 1.87 bits per heavy atom. The minimum Gasteiger partial charge on any atom is -0.483 e. The van der Waals surface area contributed by atoms with E-state index in [1.807, 2.05) is 32.0 Å². The number of hydrogen-bond donors (Lipinski definition) is 1. The van der Waals surface area contributed by atoms with Gasteiger partial charge in [-0.25, -0.2) is 4.39 Å². The second-order valence-electron chi connectivity index (χ2n) is 8.34. The molecule has 0 saturated heterocycles. The van der Waals surface area contributed by atoms with E-state index in [-0.39, 0.29) is 31.0 Å². The Hall–Kier alpha value is -2.89. The van der Waals surface area contributed by atoms with Crippen molar-refractivity contribution < 1.29 is 18.7 Å². The first-order valence-electron chi connectivity index (χ1n) is 10.9. The highest BCUT2D eigenvalue weighted by atomic mass is 19.1. The molecule has 0 heterocycles. The topological polar surface area (TPSA) is 58.6 Å². The summed E-state index contributed by atoms with van der Waals surface area (Å²) in [4.78, 5) is 27.4. The van der Waals surface area contributed by atoms with Crippen LogP contribution in [-0.2, 0) is 16.1 Å². The third-order valence-electron chi connectivity index (χ3n) is 5.86. The minimum atomic E-state index is -0.741. The number of hydrogen-bond acceptors (Lipinski definition) is 3. The van der Waals surface area contributed by atoms with Crippen molar-refractivity contribution in [2.75, 3.05) is 6.61 Å². The molecule has 1 fully saturated rings. The highest BCUT2D eigenvalue weighted by Gasteiger charge is 2.29. The molecule has 1 aliphatic carbocycles. The quantitative estimate of drug-likeness (QED) is 0.685. The summed E-state index contributed by atoms with van der Waals surface area (Å²) in [6.45, 7) is 5.32. The highest BCUT2D eigenvalue weighted by Crippen LogP contribution is 2.21. The van der Waals surface area contributed by atoms with E-state index in [2.05, 4.69) is 5.32 Å². The fourth-order valence-corrected chi connectivity index (χ4v) is 3.87. The number of nitrogens with zero attached hydrogens (tertiary/aromatic N) is 1. The number of amides is 2. The number of ether oxygens (including phenoxy) is 1. The molecule has 6 heteroatoms. The molecule has 2 aromatic rings. The van der Waals surface area contributed by atoms with E-state index in [1.165, 1.54) is 11.0 Å². The molecule has 5 nitrogen and oxygen atoms in total. The first-order valence-corrected chi connectivity index (χ1v) is 10.9. The molecule has 2 amide bonds. The lowest BCUT2D eigenvalue weighted by molar-refractivity contribution is -0.142. The Balaban J connectivity index is 1.75. The van der Waals surface area contributed by atoms with Gasteiger partial charge < -0.3 is 15.0 Å². The van der Waals surface area contributed by atoms with Gasteiger partial charge in [-0.1, -0.05) is 43.2 Å². The fourth-order valence-electron chi connectivity index (χ4n) is 3.87. The largest absolute Gasteiger partial charge is 0.483 e. The summed E-state index contributed by atoms with van der Waals surface area (Å²) in [5, 5.41) is 3.04. The second kappa shape index (κ2) is 10.4. The van der Waals surface area contributed by atoms with Crippen LogP contribution in [0.3, 0.4) is 0 Å². The number of halogens is 1. The molecule has 0 radical (unpaired) electrons. The summed E-state index contributed by atoms with van der Waals surface area (Å²) in [5.74, 6) is -0.358. The summed E-state index contributed by atoms with van der Waals surface area (Å²) in [7, 11) is 0. The van der Waals surface area contributed by atoms with E-state index in [0.717, 1.165) is 36.8 Å². The number of aryl methyl sites for hydroxylation is 2. The Kier molecular flexibility index (Phi) is 7.66. The Morgan fingerprint density at radius 1 is 1.16 bits per heavy atom. The van der Waals surface area contributed by atoms with Gasteiger partial charge in [-0.05, 0) is 56.9 Å². The molecule has 1 aliphatic rings. The van der Waals surface area contributed by atoms with Crippen LogP contribution in [0.2, 0.25) is 0 Å². The SMILES string of the molecule is Cc1ccc(C)c(OCC(=O)N(Cc2ccccc2F)C(C)C(=O)NC2CCCC2)c1. The Bertz CT molecular complexity index is 925. The van der Waals surface area contributed by atoms with E-state index >= 15 is 0 Å². The van der Waals surface area contributed by atoms with Gasteiger partial charge in [-0.15, -0.1) is 0 Å². The van der Waals surface area contributed by atoms with Gasteiger partial charge in [0, 0.05) is 18.2 Å². The number of carbonyl (C=O) groups is 2. The first kappa shape index (κ1) is 22.8. The lowest BCUT2D eigenvalue weighted by Crippen LogP contribution is -2.50. The van der Waals surface area contributed by atoms with Gasteiger partial charge in [0.2, 0.25) is 5.91 Å². The number of carbonyl (C=O) groups excluding carboxylic acids is 2. The Morgan fingerprint density at radius 3 is 2.58 bits per heavy atom. The number of nitrogens with one attached hydrogen (secondary N) is 1. The van der Waals surface area contributed by atoms with Crippen molar-refractivity contribution in [2.24, 2.45) is 0 Å². The van der Waals surface area contributed by atoms with E-state index < -0.39 is 11.9 Å².